The lowest BCUT2D eigenvalue weighted by Gasteiger charge is -2.31. The van der Waals surface area contributed by atoms with E-state index in [0.717, 1.165) is 17.8 Å². The number of anilines is 2. The first-order valence-electron chi connectivity index (χ1n) is 11.2. The smallest absolute Gasteiger partial charge is 0.255 e. The second-order valence-electron chi connectivity index (χ2n) is 9.60. The Labute approximate surface area is 186 Å². The van der Waals surface area contributed by atoms with Gasteiger partial charge in [0.05, 0.1) is 0 Å². The minimum atomic E-state index is -0.498. The fourth-order valence-electron chi connectivity index (χ4n) is 3.95. The molecule has 1 saturated carbocycles. The molecule has 0 bridgehead atoms. The molecule has 2 amide bonds. The van der Waals surface area contributed by atoms with Crippen molar-refractivity contribution in [3.05, 3.63) is 59.7 Å². The molecule has 5 nitrogen and oxygen atoms in total. The van der Waals surface area contributed by atoms with Crippen molar-refractivity contribution in [2.24, 2.45) is 5.41 Å². The molecular weight excluding hydrogens is 386 g/mol. The Morgan fingerprint density at radius 2 is 1.68 bits per heavy atom. The van der Waals surface area contributed by atoms with Crippen LogP contribution in [-0.2, 0) is 11.3 Å². The monoisotopic (exact) mass is 421 g/mol. The summed E-state index contributed by atoms with van der Waals surface area (Å²) in [5, 5.41) is 5.96. The summed E-state index contributed by atoms with van der Waals surface area (Å²) in [4.78, 5) is 27.6. The largest absolute Gasteiger partial charge is 0.326 e. The zero-order valence-corrected chi connectivity index (χ0v) is 19.2. The van der Waals surface area contributed by atoms with E-state index in [4.69, 9.17) is 0 Å². The Hall–Kier alpha value is -2.66. The predicted molar refractivity (Wildman–Crippen MR) is 127 cm³/mol. The van der Waals surface area contributed by atoms with Crippen LogP contribution in [-0.4, -0.2) is 29.8 Å². The van der Waals surface area contributed by atoms with Gasteiger partial charge in [-0.3, -0.25) is 14.5 Å². The maximum atomic E-state index is 13.0. The Morgan fingerprint density at radius 1 is 0.968 bits per heavy atom. The van der Waals surface area contributed by atoms with Gasteiger partial charge < -0.3 is 10.6 Å². The van der Waals surface area contributed by atoms with Gasteiger partial charge in [0.1, 0.15) is 0 Å². The number of hydrogen-bond acceptors (Lipinski definition) is 3. The first-order chi connectivity index (χ1) is 14.7. The van der Waals surface area contributed by atoms with Crippen LogP contribution in [0.15, 0.2) is 48.5 Å². The normalized spacial score (nSPS) is 15.0. The number of carbonyl (C=O) groups excluding carboxylic acids is 2. The minimum absolute atomic E-state index is 0.0823. The predicted octanol–water partition coefficient (Wildman–Crippen LogP) is 5.69. The van der Waals surface area contributed by atoms with Gasteiger partial charge in [0.15, 0.2) is 0 Å². The summed E-state index contributed by atoms with van der Waals surface area (Å²) in [6, 6.07) is 15.7. The molecule has 166 valence electrons. The number of hydrogen-bond donors (Lipinski definition) is 2. The number of nitrogens with zero attached hydrogens (tertiary/aromatic N) is 1. The quantitative estimate of drug-likeness (QED) is 0.630. The molecule has 0 atom stereocenters. The molecule has 0 spiro atoms. The maximum absolute atomic E-state index is 13.0. The van der Waals surface area contributed by atoms with Gasteiger partial charge in [0, 0.05) is 34.9 Å². The van der Waals surface area contributed by atoms with Crippen molar-refractivity contribution in [3.8, 4) is 0 Å². The summed E-state index contributed by atoms with van der Waals surface area (Å²) >= 11 is 0. The highest BCUT2D eigenvalue weighted by Crippen LogP contribution is 2.25. The van der Waals surface area contributed by atoms with Crippen LogP contribution in [0.2, 0.25) is 0 Å². The van der Waals surface area contributed by atoms with Crippen LogP contribution in [0.5, 0.6) is 0 Å². The molecule has 0 saturated heterocycles. The first-order valence-corrected chi connectivity index (χ1v) is 11.2. The summed E-state index contributed by atoms with van der Waals surface area (Å²) in [7, 11) is 2.18. The van der Waals surface area contributed by atoms with Gasteiger partial charge in [0.25, 0.3) is 5.91 Å². The Kier molecular flexibility index (Phi) is 7.50. The summed E-state index contributed by atoms with van der Waals surface area (Å²) in [5.41, 5.74) is 2.59. The third-order valence-corrected chi connectivity index (χ3v) is 5.95. The molecule has 0 aromatic heterocycles. The minimum Gasteiger partial charge on any atom is -0.326 e. The first kappa shape index (κ1) is 23.0. The lowest BCUT2D eigenvalue weighted by molar-refractivity contribution is -0.123. The summed E-state index contributed by atoms with van der Waals surface area (Å²) in [6.07, 6.45) is 6.44. The zero-order chi connectivity index (χ0) is 22.4. The van der Waals surface area contributed by atoms with E-state index in [-0.39, 0.29) is 11.8 Å². The van der Waals surface area contributed by atoms with Crippen molar-refractivity contribution in [1.29, 1.82) is 0 Å². The number of benzene rings is 2. The van der Waals surface area contributed by atoms with Crippen molar-refractivity contribution in [3.63, 3.8) is 0 Å². The molecule has 1 aliphatic carbocycles. The lowest BCUT2D eigenvalue weighted by Crippen LogP contribution is -2.33. The van der Waals surface area contributed by atoms with Crippen molar-refractivity contribution in [2.45, 2.75) is 65.5 Å². The molecule has 2 aromatic rings. The molecule has 1 aliphatic rings. The van der Waals surface area contributed by atoms with Crippen molar-refractivity contribution in [2.75, 3.05) is 17.7 Å². The third-order valence-electron chi connectivity index (χ3n) is 5.95. The standard InChI is InChI=1S/C26H35N3O2/c1-26(2,3)25(31)27-21-13-10-12-19(17-21)24(30)28-23-16-9-8-11-20(23)18-29(4)22-14-6-5-7-15-22/h8-13,16-17,22H,5-7,14-15,18H2,1-4H3,(H,27,31)(H,28,30). The third kappa shape index (κ3) is 6.41. The number of amides is 2. The summed E-state index contributed by atoms with van der Waals surface area (Å²) in [5.74, 6) is -0.263. The fourth-order valence-corrected chi connectivity index (χ4v) is 3.95. The summed E-state index contributed by atoms with van der Waals surface area (Å²) in [6.45, 7) is 6.39. The summed E-state index contributed by atoms with van der Waals surface area (Å²) < 4.78 is 0. The Morgan fingerprint density at radius 3 is 2.39 bits per heavy atom. The van der Waals surface area contributed by atoms with Crippen molar-refractivity contribution >= 4 is 23.2 Å². The van der Waals surface area contributed by atoms with E-state index in [2.05, 4.69) is 28.6 Å². The van der Waals surface area contributed by atoms with Gasteiger partial charge in [-0.15, -0.1) is 0 Å². The molecule has 2 aromatic carbocycles. The second-order valence-corrected chi connectivity index (χ2v) is 9.60. The van der Waals surface area contributed by atoms with Gasteiger partial charge in [-0.25, -0.2) is 0 Å². The maximum Gasteiger partial charge on any atom is 0.255 e. The van der Waals surface area contributed by atoms with E-state index in [1.807, 2.05) is 39.0 Å². The van der Waals surface area contributed by atoms with E-state index < -0.39 is 5.41 Å². The van der Waals surface area contributed by atoms with Crippen molar-refractivity contribution < 1.29 is 9.59 Å². The highest BCUT2D eigenvalue weighted by atomic mass is 16.2. The SMILES string of the molecule is CN(Cc1ccccc1NC(=O)c1cccc(NC(=O)C(C)(C)C)c1)C1CCCCC1. The average Bonchev–Trinajstić information content (AvgIpc) is 2.75. The molecule has 2 N–H and O–H groups in total. The van der Waals surface area contributed by atoms with Crippen LogP contribution in [0.4, 0.5) is 11.4 Å². The zero-order valence-electron chi connectivity index (χ0n) is 19.2. The molecular formula is C26H35N3O2. The van der Waals surface area contributed by atoms with Crippen molar-refractivity contribution in [1.82, 2.24) is 4.90 Å². The van der Waals surface area contributed by atoms with Gasteiger partial charge in [0.2, 0.25) is 5.91 Å². The Bertz CT molecular complexity index is 911. The second kappa shape index (κ2) is 10.1. The lowest BCUT2D eigenvalue weighted by atomic mass is 9.94. The van der Waals surface area contributed by atoms with Crippen LogP contribution in [0.25, 0.3) is 0 Å². The molecule has 1 fully saturated rings. The molecule has 31 heavy (non-hydrogen) atoms. The van der Waals surface area contributed by atoms with Crippen LogP contribution in [0.1, 0.15) is 68.8 Å². The molecule has 0 heterocycles. The van der Waals surface area contributed by atoms with E-state index in [1.165, 1.54) is 32.1 Å². The van der Waals surface area contributed by atoms with Crippen LogP contribution >= 0.6 is 0 Å². The van der Waals surface area contributed by atoms with Gasteiger partial charge in [-0.05, 0) is 49.7 Å². The van der Waals surface area contributed by atoms with E-state index in [1.54, 1.807) is 24.3 Å². The molecule has 0 unspecified atom stereocenters. The average molecular weight is 422 g/mol. The highest BCUT2D eigenvalue weighted by Gasteiger charge is 2.22. The molecule has 0 radical (unpaired) electrons. The molecule has 3 rings (SSSR count). The van der Waals surface area contributed by atoms with Crippen LogP contribution < -0.4 is 10.6 Å². The van der Waals surface area contributed by atoms with Gasteiger partial charge >= 0.3 is 0 Å². The topological polar surface area (TPSA) is 61.4 Å². The van der Waals surface area contributed by atoms with Crippen LogP contribution in [0.3, 0.4) is 0 Å². The van der Waals surface area contributed by atoms with Gasteiger partial charge in [-0.1, -0.05) is 64.3 Å². The Balaban J connectivity index is 1.69. The number of para-hydroxylation sites is 1. The van der Waals surface area contributed by atoms with Gasteiger partial charge in [-0.2, -0.15) is 0 Å². The highest BCUT2D eigenvalue weighted by molar-refractivity contribution is 6.05. The van der Waals surface area contributed by atoms with E-state index >= 15 is 0 Å². The fraction of sp³-hybridized carbons (Fsp3) is 0.462. The molecule has 0 aliphatic heterocycles. The van der Waals surface area contributed by atoms with E-state index in [9.17, 15) is 9.59 Å². The number of rotatable bonds is 6. The molecule has 5 heteroatoms. The number of carbonyl (C=O) groups is 2. The number of nitrogens with one attached hydrogen (secondary N) is 2. The van der Waals surface area contributed by atoms with E-state index in [0.29, 0.717) is 17.3 Å². The van der Waals surface area contributed by atoms with Crippen LogP contribution in [0, 0.1) is 5.41 Å².